The Bertz CT molecular complexity index is 579. The maximum atomic E-state index is 11.6. The van der Waals surface area contributed by atoms with E-state index in [2.05, 4.69) is 10.6 Å². The molecule has 0 bridgehead atoms. The van der Waals surface area contributed by atoms with Crippen LogP contribution in [0.15, 0.2) is 29.2 Å². The molecule has 0 aliphatic heterocycles. The highest BCUT2D eigenvalue weighted by Crippen LogP contribution is 2.20. The van der Waals surface area contributed by atoms with E-state index < -0.39 is 24.5 Å². The normalized spacial score (nSPS) is 10.4. The number of carbonyl (C=O) groups excluding carboxylic acids is 3. The molecule has 0 fully saturated rings. The van der Waals surface area contributed by atoms with Crippen LogP contribution in [-0.4, -0.2) is 36.8 Å². The number of amides is 3. The molecule has 138 valence electrons. The Balaban J connectivity index is 2.13. The molecule has 0 saturated heterocycles. The molecule has 8 heteroatoms. The summed E-state index contributed by atoms with van der Waals surface area (Å²) < 4.78 is 4.84. The van der Waals surface area contributed by atoms with Crippen LogP contribution >= 0.6 is 23.4 Å². The fourth-order valence-electron chi connectivity index (χ4n) is 1.68. The predicted octanol–water partition coefficient (Wildman–Crippen LogP) is 3.24. The Hall–Kier alpha value is -1.73. The van der Waals surface area contributed by atoms with Gasteiger partial charge in [-0.1, -0.05) is 25.4 Å². The molecule has 0 radical (unpaired) electrons. The molecule has 0 unspecified atom stereocenters. The van der Waals surface area contributed by atoms with Crippen LogP contribution in [-0.2, 0) is 14.3 Å². The van der Waals surface area contributed by atoms with Gasteiger partial charge in [-0.15, -0.1) is 11.8 Å². The lowest BCUT2D eigenvalue weighted by Gasteiger charge is -2.08. The molecule has 0 spiro atoms. The molecule has 6 nitrogen and oxygen atoms in total. The number of rotatable bonds is 9. The third-order valence-corrected chi connectivity index (χ3v) is 4.28. The first-order valence-electron chi connectivity index (χ1n) is 7.98. The van der Waals surface area contributed by atoms with Crippen molar-refractivity contribution in [3.63, 3.8) is 0 Å². The van der Waals surface area contributed by atoms with Gasteiger partial charge in [-0.25, -0.2) is 4.79 Å². The van der Waals surface area contributed by atoms with Crippen molar-refractivity contribution < 1.29 is 19.1 Å². The number of benzene rings is 1. The Morgan fingerprint density at radius 1 is 1.20 bits per heavy atom. The Kier molecular flexibility index (Phi) is 10.0. The molecule has 2 N–H and O–H groups in total. The Labute approximate surface area is 157 Å². The molecule has 1 aromatic rings. The number of imide groups is 1. The van der Waals surface area contributed by atoms with E-state index >= 15 is 0 Å². The van der Waals surface area contributed by atoms with Crippen LogP contribution in [0.5, 0.6) is 0 Å². The number of ether oxygens (including phenoxy) is 1. The van der Waals surface area contributed by atoms with Crippen LogP contribution in [0.1, 0.15) is 26.7 Å². The molecule has 0 aliphatic rings. The molecule has 0 saturated carbocycles. The topological polar surface area (TPSA) is 84.5 Å². The second kappa shape index (κ2) is 11.8. The third kappa shape index (κ3) is 10.7. The standard InChI is InChI=1S/C17H23ClN2O4S/c1-12(2)7-9-19-17(23)20-15(21)11-24-16(22)8-10-25-14-5-3-13(18)4-6-14/h3-6,12H,7-11H2,1-2H3,(H2,19,20,21,23). The van der Waals surface area contributed by atoms with Gasteiger partial charge in [-0.05, 0) is 36.6 Å². The zero-order valence-corrected chi connectivity index (χ0v) is 15.9. The Morgan fingerprint density at radius 3 is 2.52 bits per heavy atom. The van der Waals surface area contributed by atoms with Crippen LogP contribution in [0, 0.1) is 5.92 Å². The molecule has 0 aromatic heterocycles. The number of carbonyl (C=O) groups is 3. The summed E-state index contributed by atoms with van der Waals surface area (Å²) in [7, 11) is 0. The fraction of sp³-hybridized carbons (Fsp3) is 0.471. The van der Waals surface area contributed by atoms with Crippen molar-refractivity contribution in [2.75, 3.05) is 18.9 Å². The molecule has 1 aromatic carbocycles. The number of hydrogen-bond acceptors (Lipinski definition) is 5. The molecule has 0 heterocycles. The maximum Gasteiger partial charge on any atom is 0.321 e. The van der Waals surface area contributed by atoms with Crippen LogP contribution in [0.4, 0.5) is 4.79 Å². The number of nitrogens with one attached hydrogen (secondary N) is 2. The molecule has 0 atom stereocenters. The number of urea groups is 1. The van der Waals surface area contributed by atoms with Gasteiger partial charge in [-0.2, -0.15) is 0 Å². The summed E-state index contributed by atoms with van der Waals surface area (Å²) in [6.45, 7) is 4.09. The largest absolute Gasteiger partial charge is 0.456 e. The van der Waals surface area contributed by atoms with Gasteiger partial charge in [0.1, 0.15) is 0 Å². The van der Waals surface area contributed by atoms with Crippen LogP contribution in [0.25, 0.3) is 0 Å². The number of halogens is 1. The van der Waals surface area contributed by atoms with Crippen molar-refractivity contribution in [2.45, 2.75) is 31.6 Å². The summed E-state index contributed by atoms with van der Waals surface area (Å²) in [5, 5.41) is 5.33. The smallest absolute Gasteiger partial charge is 0.321 e. The first kappa shape index (κ1) is 21.3. The summed E-state index contributed by atoms with van der Waals surface area (Å²) >= 11 is 7.28. The second-order valence-corrected chi connectivity index (χ2v) is 7.30. The van der Waals surface area contributed by atoms with Crippen molar-refractivity contribution in [3.8, 4) is 0 Å². The van der Waals surface area contributed by atoms with Crippen LogP contribution in [0.2, 0.25) is 5.02 Å². The number of thioether (sulfide) groups is 1. The first-order valence-corrected chi connectivity index (χ1v) is 9.35. The minimum Gasteiger partial charge on any atom is -0.456 e. The molecular weight excluding hydrogens is 364 g/mol. The number of hydrogen-bond donors (Lipinski definition) is 2. The monoisotopic (exact) mass is 386 g/mol. The van der Waals surface area contributed by atoms with Gasteiger partial charge in [0.2, 0.25) is 0 Å². The minimum atomic E-state index is -0.652. The zero-order chi connectivity index (χ0) is 18.7. The van der Waals surface area contributed by atoms with Gasteiger partial charge in [-0.3, -0.25) is 14.9 Å². The van der Waals surface area contributed by atoms with E-state index in [0.29, 0.717) is 23.2 Å². The van der Waals surface area contributed by atoms with Crippen molar-refractivity contribution in [1.29, 1.82) is 0 Å². The Morgan fingerprint density at radius 2 is 1.88 bits per heavy atom. The SMILES string of the molecule is CC(C)CCNC(=O)NC(=O)COC(=O)CCSc1ccc(Cl)cc1. The van der Waals surface area contributed by atoms with Crippen molar-refractivity contribution >= 4 is 41.3 Å². The predicted molar refractivity (Wildman–Crippen MR) is 98.7 cm³/mol. The van der Waals surface area contributed by atoms with Crippen molar-refractivity contribution in [3.05, 3.63) is 29.3 Å². The number of esters is 1. The summed E-state index contributed by atoms with van der Waals surface area (Å²) in [5.41, 5.74) is 0. The van der Waals surface area contributed by atoms with Crippen LogP contribution in [0.3, 0.4) is 0 Å². The van der Waals surface area contributed by atoms with E-state index in [4.69, 9.17) is 16.3 Å². The minimum absolute atomic E-state index is 0.168. The lowest BCUT2D eigenvalue weighted by Crippen LogP contribution is -2.42. The van der Waals surface area contributed by atoms with E-state index in [1.807, 2.05) is 26.0 Å². The fourth-order valence-corrected chi connectivity index (χ4v) is 2.64. The van der Waals surface area contributed by atoms with E-state index in [-0.39, 0.29) is 6.42 Å². The molecular formula is C17H23ClN2O4S. The average molecular weight is 387 g/mol. The third-order valence-electron chi connectivity index (χ3n) is 3.01. The lowest BCUT2D eigenvalue weighted by atomic mass is 10.1. The highest BCUT2D eigenvalue weighted by atomic mass is 35.5. The van der Waals surface area contributed by atoms with Gasteiger partial charge >= 0.3 is 12.0 Å². The summed E-state index contributed by atoms with van der Waals surface area (Å²) in [5.74, 6) is -0.155. The highest BCUT2D eigenvalue weighted by molar-refractivity contribution is 7.99. The van der Waals surface area contributed by atoms with Gasteiger partial charge in [0, 0.05) is 22.2 Å². The zero-order valence-electron chi connectivity index (χ0n) is 14.3. The van der Waals surface area contributed by atoms with Gasteiger partial charge < -0.3 is 10.1 Å². The summed E-state index contributed by atoms with van der Waals surface area (Å²) in [6, 6.07) is 6.70. The van der Waals surface area contributed by atoms with E-state index in [1.54, 1.807) is 12.1 Å². The lowest BCUT2D eigenvalue weighted by molar-refractivity contribution is -0.147. The molecule has 3 amide bonds. The van der Waals surface area contributed by atoms with E-state index in [0.717, 1.165) is 11.3 Å². The molecule has 0 aliphatic carbocycles. The summed E-state index contributed by atoms with van der Waals surface area (Å²) in [6.07, 6.45) is 0.989. The maximum absolute atomic E-state index is 11.6. The quantitative estimate of drug-likeness (QED) is 0.502. The van der Waals surface area contributed by atoms with E-state index in [1.165, 1.54) is 11.8 Å². The second-order valence-electron chi connectivity index (χ2n) is 5.70. The van der Waals surface area contributed by atoms with Crippen molar-refractivity contribution in [2.24, 2.45) is 5.92 Å². The van der Waals surface area contributed by atoms with Gasteiger partial charge in [0.25, 0.3) is 5.91 Å². The highest BCUT2D eigenvalue weighted by Gasteiger charge is 2.11. The molecule has 25 heavy (non-hydrogen) atoms. The average Bonchev–Trinajstić information content (AvgIpc) is 2.54. The van der Waals surface area contributed by atoms with Gasteiger partial charge in [0.15, 0.2) is 6.61 Å². The van der Waals surface area contributed by atoms with Gasteiger partial charge in [0.05, 0.1) is 6.42 Å². The molecule has 1 rings (SSSR count). The van der Waals surface area contributed by atoms with E-state index in [9.17, 15) is 14.4 Å². The van der Waals surface area contributed by atoms with Crippen molar-refractivity contribution in [1.82, 2.24) is 10.6 Å². The summed E-state index contributed by atoms with van der Waals surface area (Å²) in [4.78, 5) is 35.5. The first-order chi connectivity index (χ1) is 11.9. The van der Waals surface area contributed by atoms with Crippen LogP contribution < -0.4 is 10.6 Å².